The highest BCUT2D eigenvalue weighted by atomic mass is 35.5. The van der Waals surface area contributed by atoms with Crippen molar-refractivity contribution in [1.82, 2.24) is 14.5 Å². The second-order valence-corrected chi connectivity index (χ2v) is 5.69. The molecule has 3 aromatic rings. The van der Waals surface area contributed by atoms with Crippen molar-refractivity contribution < 1.29 is 5.11 Å². The maximum Gasteiger partial charge on any atom is 0.222 e. The zero-order valence-electron chi connectivity index (χ0n) is 11.3. The number of hydrogen-bond acceptors (Lipinski definition) is 3. The first kappa shape index (κ1) is 12.8. The molecule has 0 saturated heterocycles. The molecule has 4 rings (SSSR count). The van der Waals surface area contributed by atoms with E-state index in [1.54, 1.807) is 6.20 Å². The van der Waals surface area contributed by atoms with Gasteiger partial charge in [0.15, 0.2) is 0 Å². The molecule has 1 atom stereocenters. The fraction of sp³-hybridized carbons (Fsp3) is 0.250. The van der Waals surface area contributed by atoms with Gasteiger partial charge in [0.25, 0.3) is 0 Å². The number of aliphatic hydroxyl groups is 1. The van der Waals surface area contributed by atoms with Gasteiger partial charge in [-0.2, -0.15) is 0 Å². The predicted octanol–water partition coefficient (Wildman–Crippen LogP) is 3.06. The van der Waals surface area contributed by atoms with E-state index in [0.29, 0.717) is 6.54 Å². The third-order valence-electron chi connectivity index (χ3n) is 4.07. The van der Waals surface area contributed by atoms with Crippen LogP contribution >= 0.6 is 11.6 Å². The van der Waals surface area contributed by atoms with Gasteiger partial charge < -0.3 is 9.67 Å². The van der Waals surface area contributed by atoms with Crippen molar-refractivity contribution in [3.63, 3.8) is 0 Å². The Balaban J connectivity index is 2.05. The van der Waals surface area contributed by atoms with Crippen molar-refractivity contribution in [3.05, 3.63) is 47.5 Å². The second-order valence-electron chi connectivity index (χ2n) is 5.35. The number of para-hydroxylation sites is 1. The summed E-state index contributed by atoms with van der Waals surface area (Å²) in [5, 5.41) is 11.4. The number of benzene rings is 1. The van der Waals surface area contributed by atoms with Crippen LogP contribution in [0.4, 0.5) is 0 Å². The molecule has 0 saturated carbocycles. The predicted molar refractivity (Wildman–Crippen MR) is 82.3 cm³/mol. The lowest BCUT2D eigenvalue weighted by atomic mass is 10.0. The van der Waals surface area contributed by atoms with Crippen LogP contribution in [0.25, 0.3) is 22.2 Å². The molecule has 1 unspecified atom stereocenters. The fourth-order valence-corrected chi connectivity index (χ4v) is 3.34. The minimum atomic E-state index is -0.282. The quantitative estimate of drug-likeness (QED) is 0.703. The molecule has 0 fully saturated rings. The maximum absolute atomic E-state index is 9.97. The Morgan fingerprint density at radius 2 is 2.10 bits per heavy atom. The van der Waals surface area contributed by atoms with Gasteiger partial charge in [0.1, 0.15) is 0 Å². The van der Waals surface area contributed by atoms with Crippen LogP contribution in [0.3, 0.4) is 0 Å². The van der Waals surface area contributed by atoms with Crippen LogP contribution in [0.1, 0.15) is 12.1 Å². The molecule has 1 N–H and O–H groups in total. The zero-order chi connectivity index (χ0) is 14.4. The summed E-state index contributed by atoms with van der Waals surface area (Å²) in [6, 6.07) is 10.1. The highest BCUT2D eigenvalue weighted by Gasteiger charge is 2.24. The van der Waals surface area contributed by atoms with Crippen LogP contribution in [0, 0.1) is 0 Å². The molecule has 0 spiro atoms. The minimum Gasteiger partial charge on any atom is -0.391 e. The van der Waals surface area contributed by atoms with Gasteiger partial charge in [0.2, 0.25) is 5.28 Å². The molecule has 2 aromatic heterocycles. The summed E-state index contributed by atoms with van der Waals surface area (Å²) < 4.78 is 2.20. The number of nitrogens with zero attached hydrogens (tertiary/aromatic N) is 3. The zero-order valence-corrected chi connectivity index (χ0v) is 12.1. The Morgan fingerprint density at radius 1 is 1.24 bits per heavy atom. The van der Waals surface area contributed by atoms with Gasteiger partial charge in [-0.3, -0.25) is 0 Å². The van der Waals surface area contributed by atoms with Crippen LogP contribution < -0.4 is 0 Å². The van der Waals surface area contributed by atoms with Crippen molar-refractivity contribution in [2.24, 2.45) is 0 Å². The summed E-state index contributed by atoms with van der Waals surface area (Å²) >= 11 is 5.95. The van der Waals surface area contributed by atoms with Crippen LogP contribution in [0.2, 0.25) is 5.28 Å². The summed E-state index contributed by atoms with van der Waals surface area (Å²) in [4.78, 5) is 8.33. The molecular weight excluding hydrogens is 286 g/mol. The number of hydrogen-bond donors (Lipinski definition) is 1. The first-order chi connectivity index (χ1) is 10.2. The van der Waals surface area contributed by atoms with E-state index in [0.717, 1.165) is 35.0 Å². The Labute approximate surface area is 127 Å². The number of rotatable bonds is 1. The van der Waals surface area contributed by atoms with Gasteiger partial charge in [-0.1, -0.05) is 18.2 Å². The standard InChI is InChI=1S/C16H14ClN3O/c17-16-18-8-7-12(19-16)15-11-3-1-2-4-13(11)20-9-10(21)5-6-14(15)20/h1-4,7-8,10,21H,5-6,9H2. The number of aliphatic hydroxyl groups excluding tert-OH is 1. The van der Waals surface area contributed by atoms with E-state index in [1.807, 2.05) is 18.2 Å². The van der Waals surface area contributed by atoms with Gasteiger partial charge in [0.05, 0.1) is 11.8 Å². The van der Waals surface area contributed by atoms with Gasteiger partial charge in [0, 0.05) is 34.9 Å². The monoisotopic (exact) mass is 299 g/mol. The van der Waals surface area contributed by atoms with Crippen molar-refractivity contribution in [3.8, 4) is 11.3 Å². The van der Waals surface area contributed by atoms with E-state index in [1.165, 1.54) is 5.69 Å². The fourth-order valence-electron chi connectivity index (χ4n) is 3.19. The number of fused-ring (bicyclic) bond motifs is 3. The molecule has 0 amide bonds. The summed E-state index contributed by atoms with van der Waals surface area (Å²) in [5.41, 5.74) is 4.31. The lowest BCUT2D eigenvalue weighted by molar-refractivity contribution is 0.133. The van der Waals surface area contributed by atoms with Crippen molar-refractivity contribution in [1.29, 1.82) is 0 Å². The van der Waals surface area contributed by atoms with Gasteiger partial charge in [-0.25, -0.2) is 9.97 Å². The van der Waals surface area contributed by atoms with E-state index < -0.39 is 0 Å². The Morgan fingerprint density at radius 3 is 2.95 bits per heavy atom. The highest BCUT2D eigenvalue weighted by Crippen LogP contribution is 2.37. The van der Waals surface area contributed by atoms with Gasteiger partial charge >= 0.3 is 0 Å². The molecule has 4 nitrogen and oxygen atoms in total. The third-order valence-corrected chi connectivity index (χ3v) is 4.25. The molecule has 0 bridgehead atoms. The van der Waals surface area contributed by atoms with Gasteiger partial charge in [-0.15, -0.1) is 0 Å². The van der Waals surface area contributed by atoms with E-state index >= 15 is 0 Å². The van der Waals surface area contributed by atoms with Crippen molar-refractivity contribution in [2.45, 2.75) is 25.5 Å². The normalized spacial score (nSPS) is 17.9. The lowest BCUT2D eigenvalue weighted by Gasteiger charge is -2.22. The van der Waals surface area contributed by atoms with E-state index in [9.17, 15) is 5.11 Å². The molecule has 0 radical (unpaired) electrons. The van der Waals surface area contributed by atoms with Crippen molar-refractivity contribution >= 4 is 22.5 Å². The lowest BCUT2D eigenvalue weighted by Crippen LogP contribution is -2.24. The smallest absolute Gasteiger partial charge is 0.222 e. The van der Waals surface area contributed by atoms with Crippen molar-refractivity contribution in [2.75, 3.05) is 0 Å². The molecule has 3 heterocycles. The summed E-state index contributed by atoms with van der Waals surface area (Å²) in [7, 11) is 0. The second kappa shape index (κ2) is 4.83. The Kier molecular flexibility index (Phi) is 2.94. The van der Waals surface area contributed by atoms with Crippen LogP contribution in [0.15, 0.2) is 36.5 Å². The SMILES string of the molecule is OC1CCc2c(-c3ccnc(Cl)n3)c3ccccc3n2C1. The van der Waals surface area contributed by atoms with Crippen LogP contribution in [-0.4, -0.2) is 25.7 Å². The number of halogens is 1. The number of aromatic nitrogens is 3. The van der Waals surface area contributed by atoms with Crippen LogP contribution in [0.5, 0.6) is 0 Å². The topological polar surface area (TPSA) is 50.9 Å². The molecule has 1 aromatic carbocycles. The first-order valence-corrected chi connectivity index (χ1v) is 7.39. The third kappa shape index (κ3) is 2.03. The largest absolute Gasteiger partial charge is 0.391 e. The first-order valence-electron chi connectivity index (χ1n) is 7.01. The Hall–Kier alpha value is -1.91. The molecule has 106 valence electrons. The van der Waals surface area contributed by atoms with E-state index in [2.05, 4.69) is 26.7 Å². The molecule has 1 aliphatic rings. The van der Waals surface area contributed by atoms with E-state index in [4.69, 9.17) is 11.6 Å². The molecule has 5 heteroatoms. The summed E-state index contributed by atoms with van der Waals surface area (Å²) in [5.74, 6) is 0. The summed E-state index contributed by atoms with van der Waals surface area (Å²) in [6.45, 7) is 0.634. The van der Waals surface area contributed by atoms with Crippen LogP contribution in [-0.2, 0) is 13.0 Å². The highest BCUT2D eigenvalue weighted by molar-refractivity contribution is 6.28. The Bertz CT molecular complexity index is 828. The van der Waals surface area contributed by atoms with Gasteiger partial charge in [-0.05, 0) is 36.6 Å². The minimum absolute atomic E-state index is 0.257. The summed E-state index contributed by atoms with van der Waals surface area (Å²) in [6.07, 6.45) is 3.02. The molecule has 21 heavy (non-hydrogen) atoms. The molecular formula is C16H14ClN3O. The maximum atomic E-state index is 9.97. The molecule has 0 aliphatic carbocycles. The average molecular weight is 300 g/mol. The average Bonchev–Trinajstić information content (AvgIpc) is 2.81. The van der Waals surface area contributed by atoms with E-state index in [-0.39, 0.29) is 11.4 Å². The molecule has 1 aliphatic heterocycles.